The molecule has 0 unspecified atom stereocenters. The molecule has 84 valence electrons. The number of nitrogens with zero attached hydrogens (tertiary/aromatic N) is 2. The van der Waals surface area contributed by atoms with Crippen molar-refractivity contribution in [1.82, 2.24) is 9.97 Å². The van der Waals surface area contributed by atoms with Gasteiger partial charge in [0.1, 0.15) is 5.15 Å². The van der Waals surface area contributed by atoms with E-state index in [2.05, 4.69) is 9.97 Å². The minimum Gasteiger partial charge on any atom is -0.257 e. The Kier molecular flexibility index (Phi) is 4.05. The number of hydrogen-bond donors (Lipinski definition) is 0. The van der Waals surface area contributed by atoms with Crippen LogP contribution in [0.3, 0.4) is 0 Å². The predicted molar refractivity (Wildman–Crippen MR) is 71.6 cm³/mol. The lowest BCUT2D eigenvalue weighted by Crippen LogP contribution is -1.76. The molecule has 0 aliphatic rings. The molecule has 0 saturated carbocycles. The summed E-state index contributed by atoms with van der Waals surface area (Å²) in [6.07, 6.45) is 11.3. The maximum atomic E-state index is 5.70. The Bertz CT molecular complexity index is 516. The van der Waals surface area contributed by atoms with Gasteiger partial charge in [-0.3, -0.25) is 4.98 Å². The van der Waals surface area contributed by atoms with Crippen LogP contribution in [0.5, 0.6) is 0 Å². The molecule has 0 atom stereocenters. The van der Waals surface area contributed by atoms with Crippen molar-refractivity contribution in [2.45, 2.75) is 0 Å². The first-order valence-electron chi connectivity index (χ1n) is 5.22. The Morgan fingerprint density at radius 3 is 2.53 bits per heavy atom. The van der Waals surface area contributed by atoms with Gasteiger partial charge in [-0.25, -0.2) is 4.98 Å². The summed E-state index contributed by atoms with van der Waals surface area (Å²) in [5.41, 5.74) is 1.95. The third-order valence-electron chi connectivity index (χ3n) is 2.10. The van der Waals surface area contributed by atoms with E-state index >= 15 is 0 Å². The highest BCUT2D eigenvalue weighted by molar-refractivity contribution is 6.29. The molecule has 2 heterocycles. The number of pyridine rings is 2. The highest BCUT2D eigenvalue weighted by Crippen LogP contribution is 2.06. The first-order valence-corrected chi connectivity index (χ1v) is 5.60. The van der Waals surface area contributed by atoms with Crippen LogP contribution in [0.15, 0.2) is 54.9 Å². The molecule has 0 N–H and O–H groups in total. The van der Waals surface area contributed by atoms with Gasteiger partial charge in [-0.15, -0.1) is 0 Å². The molecule has 0 fully saturated rings. The van der Waals surface area contributed by atoms with Crippen molar-refractivity contribution in [2.24, 2.45) is 0 Å². The monoisotopic (exact) mass is 242 g/mol. The third kappa shape index (κ3) is 3.85. The van der Waals surface area contributed by atoms with Gasteiger partial charge in [0.05, 0.1) is 5.69 Å². The summed E-state index contributed by atoms with van der Waals surface area (Å²) in [4.78, 5) is 8.18. The second-order valence-corrected chi connectivity index (χ2v) is 3.77. The lowest BCUT2D eigenvalue weighted by Gasteiger charge is -1.91. The molecule has 2 aromatic rings. The number of halogens is 1. The van der Waals surface area contributed by atoms with Crippen LogP contribution in [0.4, 0.5) is 0 Å². The van der Waals surface area contributed by atoms with E-state index in [0.717, 1.165) is 11.3 Å². The lowest BCUT2D eigenvalue weighted by atomic mass is 10.2. The van der Waals surface area contributed by atoms with Crippen LogP contribution >= 0.6 is 11.6 Å². The first kappa shape index (κ1) is 11.6. The molecule has 0 amide bonds. The van der Waals surface area contributed by atoms with Crippen molar-refractivity contribution < 1.29 is 0 Å². The second-order valence-electron chi connectivity index (χ2n) is 3.39. The Labute approximate surface area is 105 Å². The van der Waals surface area contributed by atoms with Gasteiger partial charge in [0.25, 0.3) is 0 Å². The molecule has 0 aromatic carbocycles. The summed E-state index contributed by atoms with van der Waals surface area (Å²) < 4.78 is 0. The summed E-state index contributed by atoms with van der Waals surface area (Å²) in [5.74, 6) is 0. The van der Waals surface area contributed by atoms with Crippen LogP contribution in [0.1, 0.15) is 11.3 Å². The van der Waals surface area contributed by atoms with Crippen LogP contribution in [0, 0.1) is 0 Å². The first-order chi connectivity index (χ1) is 8.34. The number of allylic oxidation sites excluding steroid dienone is 2. The van der Waals surface area contributed by atoms with Crippen LogP contribution in [0.2, 0.25) is 5.15 Å². The molecule has 2 aromatic heterocycles. The van der Waals surface area contributed by atoms with E-state index in [4.69, 9.17) is 11.6 Å². The molecule has 0 bridgehead atoms. The fourth-order valence-electron chi connectivity index (χ4n) is 1.28. The fraction of sp³-hybridized carbons (Fsp3) is 0. The minimum absolute atomic E-state index is 0.506. The van der Waals surface area contributed by atoms with E-state index in [-0.39, 0.29) is 0 Å². The Hall–Kier alpha value is -1.93. The van der Waals surface area contributed by atoms with Crippen molar-refractivity contribution in [1.29, 1.82) is 0 Å². The quantitative estimate of drug-likeness (QED) is 0.603. The van der Waals surface area contributed by atoms with E-state index in [0.29, 0.717) is 5.15 Å². The van der Waals surface area contributed by atoms with Gasteiger partial charge in [0.15, 0.2) is 0 Å². The molecular formula is C14H11ClN2. The van der Waals surface area contributed by atoms with Crippen LogP contribution in [-0.4, -0.2) is 9.97 Å². The molecule has 2 rings (SSSR count). The Morgan fingerprint density at radius 1 is 0.941 bits per heavy atom. The zero-order valence-corrected chi connectivity index (χ0v) is 9.88. The van der Waals surface area contributed by atoms with Crippen molar-refractivity contribution in [3.8, 4) is 0 Å². The van der Waals surface area contributed by atoms with Crippen LogP contribution < -0.4 is 0 Å². The Balaban J connectivity index is 1.98. The largest absolute Gasteiger partial charge is 0.257 e. The second kappa shape index (κ2) is 5.97. The van der Waals surface area contributed by atoms with Crippen molar-refractivity contribution >= 4 is 23.8 Å². The molecule has 0 spiro atoms. The van der Waals surface area contributed by atoms with Gasteiger partial charge in [-0.05, 0) is 29.8 Å². The Morgan fingerprint density at radius 2 is 1.82 bits per heavy atom. The van der Waals surface area contributed by atoms with Crippen molar-refractivity contribution in [2.75, 3.05) is 0 Å². The van der Waals surface area contributed by atoms with Gasteiger partial charge < -0.3 is 0 Å². The number of hydrogen-bond acceptors (Lipinski definition) is 2. The molecule has 0 saturated heterocycles. The molecule has 0 aliphatic heterocycles. The molecule has 0 aliphatic carbocycles. The third-order valence-corrected chi connectivity index (χ3v) is 2.33. The zero-order chi connectivity index (χ0) is 11.9. The number of rotatable bonds is 3. The van der Waals surface area contributed by atoms with Crippen molar-refractivity contribution in [3.63, 3.8) is 0 Å². The molecule has 0 radical (unpaired) electrons. The molecule has 17 heavy (non-hydrogen) atoms. The maximum absolute atomic E-state index is 5.70. The summed E-state index contributed by atoms with van der Waals surface area (Å²) in [6, 6.07) is 9.49. The van der Waals surface area contributed by atoms with Crippen LogP contribution in [0.25, 0.3) is 12.2 Å². The van der Waals surface area contributed by atoms with Crippen molar-refractivity contribution in [3.05, 3.63) is 71.3 Å². The van der Waals surface area contributed by atoms with Gasteiger partial charge >= 0.3 is 0 Å². The average molecular weight is 243 g/mol. The minimum atomic E-state index is 0.506. The fourth-order valence-corrected chi connectivity index (χ4v) is 1.39. The lowest BCUT2D eigenvalue weighted by molar-refractivity contribution is 1.30. The van der Waals surface area contributed by atoms with E-state index in [1.165, 1.54) is 0 Å². The predicted octanol–water partition coefficient (Wildman–Crippen LogP) is 3.86. The highest BCUT2D eigenvalue weighted by Gasteiger charge is 1.87. The van der Waals surface area contributed by atoms with Crippen LogP contribution in [-0.2, 0) is 0 Å². The molecule has 3 heteroatoms. The standard InChI is InChI=1S/C14H11ClN2/c15-14-9-8-12(11-17-14)5-1-2-6-13-7-3-4-10-16-13/h1-11H. The highest BCUT2D eigenvalue weighted by atomic mass is 35.5. The van der Waals surface area contributed by atoms with E-state index in [1.54, 1.807) is 18.5 Å². The van der Waals surface area contributed by atoms with Gasteiger partial charge in [0, 0.05) is 12.4 Å². The molecular weight excluding hydrogens is 232 g/mol. The van der Waals surface area contributed by atoms with Gasteiger partial charge in [-0.1, -0.05) is 42.0 Å². The smallest absolute Gasteiger partial charge is 0.129 e. The average Bonchev–Trinajstić information content (AvgIpc) is 2.38. The van der Waals surface area contributed by atoms with E-state index in [9.17, 15) is 0 Å². The van der Waals surface area contributed by atoms with E-state index in [1.807, 2.05) is 48.6 Å². The summed E-state index contributed by atoms with van der Waals surface area (Å²) in [6.45, 7) is 0. The summed E-state index contributed by atoms with van der Waals surface area (Å²) >= 11 is 5.70. The normalized spacial score (nSPS) is 11.4. The SMILES string of the molecule is Clc1ccc(C=CC=Cc2ccccn2)cn1. The maximum Gasteiger partial charge on any atom is 0.129 e. The summed E-state index contributed by atoms with van der Waals surface area (Å²) in [7, 11) is 0. The molecule has 2 nitrogen and oxygen atoms in total. The van der Waals surface area contributed by atoms with Gasteiger partial charge in [0.2, 0.25) is 0 Å². The number of aromatic nitrogens is 2. The van der Waals surface area contributed by atoms with E-state index < -0.39 is 0 Å². The summed E-state index contributed by atoms with van der Waals surface area (Å²) in [5, 5.41) is 0.506. The topological polar surface area (TPSA) is 25.8 Å². The van der Waals surface area contributed by atoms with Gasteiger partial charge in [-0.2, -0.15) is 0 Å². The zero-order valence-electron chi connectivity index (χ0n) is 9.12.